The molecule has 1 aromatic heterocycles. The molecule has 1 saturated carbocycles. The third-order valence-electron chi connectivity index (χ3n) is 3.24. The summed E-state index contributed by atoms with van der Waals surface area (Å²) in [5.41, 5.74) is 1.20. The van der Waals surface area contributed by atoms with E-state index in [1.165, 1.54) is 0 Å². The number of carbonyl (C=O) groups is 1. The summed E-state index contributed by atoms with van der Waals surface area (Å²) in [6.07, 6.45) is 1.37. The van der Waals surface area contributed by atoms with Crippen molar-refractivity contribution in [3.05, 3.63) is 17.5 Å². The van der Waals surface area contributed by atoms with Crippen LogP contribution in [0.3, 0.4) is 0 Å². The molecule has 1 atom stereocenters. The van der Waals surface area contributed by atoms with E-state index >= 15 is 0 Å². The first kappa shape index (κ1) is 12.7. The monoisotopic (exact) mass is 275 g/mol. The van der Waals surface area contributed by atoms with Crippen molar-refractivity contribution < 1.29 is 4.79 Å². The Kier molecular flexibility index (Phi) is 3.12. The number of amides is 1. The SMILES string of the molecule is CCc1cc(CNC(=O)C2(C)CC2(Cl)Cl)[nH]n1. The Labute approximate surface area is 110 Å². The highest BCUT2D eigenvalue weighted by atomic mass is 35.5. The normalized spacial score (nSPS) is 25.6. The van der Waals surface area contributed by atoms with Gasteiger partial charge in [0.2, 0.25) is 5.91 Å². The molecule has 1 amide bonds. The van der Waals surface area contributed by atoms with Gasteiger partial charge in [-0.1, -0.05) is 6.92 Å². The molecule has 1 aromatic rings. The number of rotatable bonds is 4. The van der Waals surface area contributed by atoms with Gasteiger partial charge in [0.05, 0.1) is 23.3 Å². The maximum atomic E-state index is 11.9. The van der Waals surface area contributed by atoms with Crippen LogP contribution in [0.5, 0.6) is 0 Å². The van der Waals surface area contributed by atoms with Crippen LogP contribution in [0.2, 0.25) is 0 Å². The third kappa shape index (κ3) is 2.29. The lowest BCUT2D eigenvalue weighted by Crippen LogP contribution is -2.32. The predicted octanol–water partition coefficient (Wildman–Crippen LogP) is 2.17. The lowest BCUT2D eigenvalue weighted by Gasteiger charge is -2.11. The van der Waals surface area contributed by atoms with Gasteiger partial charge in [0, 0.05) is 0 Å². The van der Waals surface area contributed by atoms with Gasteiger partial charge in [0.1, 0.15) is 4.33 Å². The summed E-state index contributed by atoms with van der Waals surface area (Å²) < 4.78 is -0.917. The molecule has 0 aliphatic heterocycles. The number of H-pyrrole nitrogens is 1. The fourth-order valence-electron chi connectivity index (χ4n) is 1.70. The fourth-order valence-corrected chi connectivity index (χ4v) is 2.40. The second kappa shape index (κ2) is 4.18. The van der Waals surface area contributed by atoms with E-state index in [4.69, 9.17) is 23.2 Å². The number of hydrogen-bond acceptors (Lipinski definition) is 2. The van der Waals surface area contributed by atoms with Crippen molar-refractivity contribution in [2.45, 2.75) is 37.6 Å². The van der Waals surface area contributed by atoms with E-state index in [-0.39, 0.29) is 5.91 Å². The molecule has 2 N–H and O–H groups in total. The molecule has 0 spiro atoms. The summed E-state index contributed by atoms with van der Waals surface area (Å²) in [5.74, 6) is -0.116. The molecule has 1 heterocycles. The number of hydrogen-bond donors (Lipinski definition) is 2. The van der Waals surface area contributed by atoms with Gasteiger partial charge in [0.25, 0.3) is 0 Å². The van der Waals surface area contributed by atoms with Crippen LogP contribution >= 0.6 is 23.2 Å². The highest BCUT2D eigenvalue weighted by molar-refractivity contribution is 6.53. The van der Waals surface area contributed by atoms with Crippen LogP contribution in [-0.2, 0) is 17.8 Å². The number of carbonyl (C=O) groups excluding carboxylic acids is 1. The van der Waals surface area contributed by atoms with Crippen molar-refractivity contribution in [3.63, 3.8) is 0 Å². The molecule has 1 aliphatic rings. The Morgan fingerprint density at radius 1 is 1.65 bits per heavy atom. The minimum Gasteiger partial charge on any atom is -0.350 e. The number of halogens is 2. The van der Waals surface area contributed by atoms with Gasteiger partial charge in [-0.15, -0.1) is 23.2 Å². The van der Waals surface area contributed by atoms with Gasteiger partial charge in [-0.25, -0.2) is 0 Å². The van der Waals surface area contributed by atoms with Gasteiger partial charge in [-0.3, -0.25) is 9.89 Å². The molecule has 0 radical (unpaired) electrons. The number of alkyl halides is 2. The molecule has 4 nitrogen and oxygen atoms in total. The highest BCUT2D eigenvalue weighted by Crippen LogP contribution is 2.63. The van der Waals surface area contributed by atoms with Crippen LogP contribution < -0.4 is 5.32 Å². The lowest BCUT2D eigenvalue weighted by molar-refractivity contribution is -0.125. The van der Waals surface area contributed by atoms with Gasteiger partial charge in [-0.2, -0.15) is 5.10 Å². The van der Waals surface area contributed by atoms with Crippen LogP contribution in [0, 0.1) is 5.41 Å². The first-order valence-corrected chi connectivity index (χ1v) is 6.34. The van der Waals surface area contributed by atoms with Crippen LogP contribution in [0.25, 0.3) is 0 Å². The van der Waals surface area contributed by atoms with Gasteiger partial charge in [0.15, 0.2) is 0 Å². The molecule has 0 saturated heterocycles. The maximum absolute atomic E-state index is 11.9. The molecule has 1 aliphatic carbocycles. The lowest BCUT2D eigenvalue weighted by atomic mass is 10.1. The zero-order valence-electron chi connectivity index (χ0n) is 9.81. The molecule has 6 heteroatoms. The molecule has 1 fully saturated rings. The highest BCUT2D eigenvalue weighted by Gasteiger charge is 2.67. The van der Waals surface area contributed by atoms with Crippen LogP contribution in [-0.4, -0.2) is 20.4 Å². The summed E-state index contributed by atoms with van der Waals surface area (Å²) in [7, 11) is 0. The van der Waals surface area contributed by atoms with Crippen molar-refractivity contribution in [1.29, 1.82) is 0 Å². The second-order valence-electron chi connectivity index (χ2n) is 4.63. The fraction of sp³-hybridized carbons (Fsp3) is 0.636. The first-order valence-electron chi connectivity index (χ1n) is 5.58. The predicted molar refractivity (Wildman–Crippen MR) is 67.0 cm³/mol. The van der Waals surface area contributed by atoms with E-state index in [2.05, 4.69) is 15.5 Å². The van der Waals surface area contributed by atoms with Crippen LogP contribution in [0.1, 0.15) is 31.7 Å². The summed E-state index contributed by atoms with van der Waals surface area (Å²) in [6.45, 7) is 4.22. The van der Waals surface area contributed by atoms with Crippen molar-refractivity contribution in [2.75, 3.05) is 0 Å². The molecular formula is C11H15Cl2N3O. The van der Waals surface area contributed by atoms with E-state index in [0.717, 1.165) is 17.8 Å². The Hall–Kier alpha value is -0.740. The van der Waals surface area contributed by atoms with E-state index in [0.29, 0.717) is 13.0 Å². The average molecular weight is 276 g/mol. The first-order chi connectivity index (χ1) is 7.89. The quantitative estimate of drug-likeness (QED) is 0.828. The van der Waals surface area contributed by atoms with E-state index < -0.39 is 9.75 Å². The van der Waals surface area contributed by atoms with Crippen LogP contribution in [0.4, 0.5) is 0 Å². The van der Waals surface area contributed by atoms with E-state index in [9.17, 15) is 4.79 Å². The maximum Gasteiger partial charge on any atom is 0.229 e. The second-order valence-corrected chi connectivity index (χ2v) is 6.12. The Balaban J connectivity index is 1.89. The van der Waals surface area contributed by atoms with Crippen molar-refractivity contribution in [3.8, 4) is 0 Å². The molecular weight excluding hydrogens is 261 g/mol. The number of aromatic amines is 1. The number of nitrogens with one attached hydrogen (secondary N) is 2. The van der Waals surface area contributed by atoms with Gasteiger partial charge in [-0.05, 0) is 25.8 Å². The number of nitrogens with zero attached hydrogens (tertiary/aromatic N) is 1. The molecule has 94 valence electrons. The topological polar surface area (TPSA) is 57.8 Å². The molecule has 0 aromatic carbocycles. The van der Waals surface area contributed by atoms with Crippen LogP contribution in [0.15, 0.2) is 6.07 Å². The zero-order chi connectivity index (χ0) is 12.7. The minimum absolute atomic E-state index is 0.116. The largest absolute Gasteiger partial charge is 0.350 e. The molecule has 1 unspecified atom stereocenters. The average Bonchev–Trinajstić information content (AvgIpc) is 2.68. The standard InChI is InChI=1S/C11H15Cl2N3O/c1-3-7-4-8(16-15-7)5-14-9(17)10(2)6-11(10,12)13/h4H,3,5-6H2,1-2H3,(H,14,17)(H,15,16). The molecule has 2 rings (SSSR count). The third-order valence-corrected chi connectivity index (χ3v) is 4.35. The number of aromatic nitrogens is 2. The Morgan fingerprint density at radius 2 is 2.29 bits per heavy atom. The summed E-state index contributed by atoms with van der Waals surface area (Å²) in [4.78, 5) is 11.9. The summed E-state index contributed by atoms with van der Waals surface area (Å²) >= 11 is 11.9. The smallest absolute Gasteiger partial charge is 0.229 e. The van der Waals surface area contributed by atoms with Gasteiger partial charge >= 0.3 is 0 Å². The van der Waals surface area contributed by atoms with Gasteiger partial charge < -0.3 is 5.32 Å². The zero-order valence-corrected chi connectivity index (χ0v) is 11.3. The number of aryl methyl sites for hydroxylation is 1. The van der Waals surface area contributed by atoms with Crippen molar-refractivity contribution in [2.24, 2.45) is 5.41 Å². The molecule has 0 bridgehead atoms. The van der Waals surface area contributed by atoms with E-state index in [1.807, 2.05) is 13.0 Å². The van der Waals surface area contributed by atoms with E-state index in [1.54, 1.807) is 6.92 Å². The Bertz CT molecular complexity index is 444. The summed E-state index contributed by atoms with van der Waals surface area (Å²) in [5, 5.41) is 9.78. The molecule has 17 heavy (non-hydrogen) atoms. The van der Waals surface area contributed by atoms with Crippen molar-refractivity contribution in [1.82, 2.24) is 15.5 Å². The summed E-state index contributed by atoms with van der Waals surface area (Å²) in [6, 6.07) is 1.93. The minimum atomic E-state index is -0.917. The van der Waals surface area contributed by atoms with Crippen molar-refractivity contribution >= 4 is 29.1 Å². The Morgan fingerprint density at radius 3 is 2.76 bits per heavy atom.